The summed E-state index contributed by atoms with van der Waals surface area (Å²) in [6, 6.07) is 11.2. The summed E-state index contributed by atoms with van der Waals surface area (Å²) in [6.45, 7) is 1.65. The fourth-order valence-electron chi connectivity index (χ4n) is 2.41. The fourth-order valence-corrected chi connectivity index (χ4v) is 3.42. The van der Waals surface area contributed by atoms with Gasteiger partial charge in [-0.1, -0.05) is 23.7 Å². The van der Waals surface area contributed by atoms with Gasteiger partial charge in [0.15, 0.2) is 5.78 Å². The van der Waals surface area contributed by atoms with Crippen LogP contribution < -0.4 is 14.8 Å². The zero-order valence-electron chi connectivity index (χ0n) is 14.1. The third-order valence-electron chi connectivity index (χ3n) is 3.80. The Morgan fingerprint density at radius 3 is 2.59 bits per heavy atom. The number of aromatic amines is 1. The van der Waals surface area contributed by atoms with Crippen LogP contribution in [0.15, 0.2) is 47.3 Å². The first-order chi connectivity index (χ1) is 12.8. The number of benzene rings is 2. The van der Waals surface area contributed by atoms with Gasteiger partial charge >= 0.3 is 0 Å². The molecule has 0 aliphatic carbocycles. The molecule has 0 unspecified atom stereocenters. The average molecular weight is 401 g/mol. The highest BCUT2D eigenvalue weighted by molar-refractivity contribution is 7.07. The number of aryl methyl sites for hydroxylation is 1. The van der Waals surface area contributed by atoms with Crippen LogP contribution in [0.25, 0.3) is 12.2 Å². The van der Waals surface area contributed by atoms with E-state index >= 15 is 0 Å². The zero-order chi connectivity index (χ0) is 19.6. The van der Waals surface area contributed by atoms with Crippen LogP contribution in [-0.4, -0.2) is 15.7 Å². The molecule has 0 spiro atoms. The molecule has 0 radical (unpaired) electrons. The lowest BCUT2D eigenvalue weighted by Crippen LogP contribution is -2.20. The van der Waals surface area contributed by atoms with E-state index in [1.165, 1.54) is 12.1 Å². The van der Waals surface area contributed by atoms with Crippen molar-refractivity contribution in [2.75, 3.05) is 0 Å². The quantitative estimate of drug-likeness (QED) is 0.414. The number of thiazole rings is 1. The molecular formula is C19H13ClN2O4S. The van der Waals surface area contributed by atoms with Crippen LogP contribution in [0.1, 0.15) is 21.5 Å². The van der Waals surface area contributed by atoms with E-state index in [2.05, 4.69) is 4.98 Å². The van der Waals surface area contributed by atoms with Gasteiger partial charge in [0.1, 0.15) is 0 Å². The number of nitro benzene ring substituents is 1. The molecule has 3 aromatic rings. The second-order valence-corrected chi connectivity index (χ2v) is 7.27. The van der Waals surface area contributed by atoms with Gasteiger partial charge in [-0.2, -0.15) is 0 Å². The molecule has 0 bridgehead atoms. The van der Waals surface area contributed by atoms with Crippen molar-refractivity contribution >= 4 is 46.6 Å². The van der Waals surface area contributed by atoms with Crippen LogP contribution in [0.4, 0.5) is 5.69 Å². The molecule has 0 amide bonds. The summed E-state index contributed by atoms with van der Waals surface area (Å²) >= 11 is 6.91. The van der Waals surface area contributed by atoms with E-state index in [9.17, 15) is 19.7 Å². The van der Waals surface area contributed by atoms with Crippen LogP contribution in [-0.2, 0) is 0 Å². The van der Waals surface area contributed by atoms with E-state index in [0.717, 1.165) is 11.3 Å². The number of Topliss-reactive ketones (excluding diaryl/α,β-unsaturated/α-hetero) is 1. The number of carbonyl (C=O) groups excluding carboxylic acids is 1. The molecule has 0 saturated heterocycles. The Balaban J connectivity index is 1.99. The lowest BCUT2D eigenvalue weighted by molar-refractivity contribution is -0.385. The number of rotatable bonds is 4. The van der Waals surface area contributed by atoms with Gasteiger partial charge in [0.05, 0.1) is 14.1 Å². The highest BCUT2D eigenvalue weighted by Crippen LogP contribution is 2.19. The molecule has 0 fully saturated rings. The van der Waals surface area contributed by atoms with Crippen LogP contribution >= 0.6 is 22.9 Å². The van der Waals surface area contributed by atoms with Crippen LogP contribution in [0.3, 0.4) is 0 Å². The molecule has 8 heteroatoms. The lowest BCUT2D eigenvalue weighted by atomic mass is 10.1. The van der Waals surface area contributed by atoms with Gasteiger partial charge in [-0.25, -0.2) is 0 Å². The Hall–Kier alpha value is -3.03. The Morgan fingerprint density at radius 1 is 1.22 bits per heavy atom. The monoisotopic (exact) mass is 400 g/mol. The second-order valence-electron chi connectivity index (χ2n) is 5.75. The highest BCUT2D eigenvalue weighted by atomic mass is 35.5. The summed E-state index contributed by atoms with van der Waals surface area (Å²) in [5, 5.41) is 11.6. The molecule has 0 aliphatic heterocycles. The molecule has 1 N–H and O–H groups in total. The van der Waals surface area contributed by atoms with Crippen molar-refractivity contribution in [2.45, 2.75) is 6.92 Å². The third-order valence-corrected chi connectivity index (χ3v) is 5.01. The maximum absolute atomic E-state index is 12.3. The van der Waals surface area contributed by atoms with Crippen molar-refractivity contribution < 1.29 is 9.72 Å². The number of nitrogens with zero attached hydrogens (tertiary/aromatic N) is 1. The molecule has 0 saturated carbocycles. The van der Waals surface area contributed by atoms with Crippen molar-refractivity contribution in [3.63, 3.8) is 0 Å². The van der Waals surface area contributed by atoms with Gasteiger partial charge < -0.3 is 4.98 Å². The largest absolute Gasteiger partial charge is 0.313 e. The average Bonchev–Trinajstić information content (AvgIpc) is 2.96. The summed E-state index contributed by atoms with van der Waals surface area (Å²) in [7, 11) is 0. The summed E-state index contributed by atoms with van der Waals surface area (Å²) in [5.41, 5.74) is 1.16. The highest BCUT2D eigenvalue weighted by Gasteiger charge is 2.10. The number of halogens is 1. The van der Waals surface area contributed by atoms with E-state index in [-0.39, 0.29) is 17.0 Å². The molecule has 6 nitrogen and oxygen atoms in total. The minimum atomic E-state index is -0.463. The molecule has 1 aromatic heterocycles. The molecule has 3 rings (SSSR count). The number of ketones is 1. The Morgan fingerprint density at radius 2 is 1.93 bits per heavy atom. The number of aromatic nitrogens is 1. The standard InChI is InChI=1S/C19H13ClN2O4S/c1-11-2-3-12(8-15(11)22(25)26)9-17-19(24)21-18(27-17)10-16(23)13-4-6-14(20)7-5-13/h2-10H,1H3,(H,21,24)/b17-9+,18-10-. The van der Waals surface area contributed by atoms with E-state index in [4.69, 9.17) is 11.6 Å². The lowest BCUT2D eigenvalue weighted by Gasteiger charge is -1.97. The summed E-state index contributed by atoms with van der Waals surface area (Å²) in [4.78, 5) is 37.6. The van der Waals surface area contributed by atoms with Gasteiger partial charge in [0, 0.05) is 28.3 Å². The first-order valence-corrected chi connectivity index (χ1v) is 9.00. The first kappa shape index (κ1) is 18.8. The van der Waals surface area contributed by atoms with E-state index in [1.54, 1.807) is 49.4 Å². The first-order valence-electron chi connectivity index (χ1n) is 7.81. The summed E-state index contributed by atoms with van der Waals surface area (Å²) in [6.07, 6.45) is 2.89. The van der Waals surface area contributed by atoms with Gasteiger partial charge in [-0.15, -0.1) is 11.3 Å². The SMILES string of the molecule is Cc1ccc(/C=c2/s/c(=C\C(=O)c3ccc(Cl)cc3)[nH]c2=O)cc1[N+](=O)[O-]. The molecule has 0 atom stereocenters. The predicted octanol–water partition coefficient (Wildman–Crippen LogP) is 2.80. The number of nitrogens with one attached hydrogen (secondary N) is 1. The smallest absolute Gasteiger partial charge is 0.272 e. The summed E-state index contributed by atoms with van der Waals surface area (Å²) < 4.78 is 0.746. The number of nitro groups is 1. The number of H-pyrrole nitrogens is 1. The Kier molecular flexibility index (Phi) is 5.34. The molecule has 27 heavy (non-hydrogen) atoms. The predicted molar refractivity (Wildman–Crippen MR) is 106 cm³/mol. The van der Waals surface area contributed by atoms with E-state index in [1.807, 2.05) is 0 Å². The topological polar surface area (TPSA) is 93.1 Å². The molecule has 2 aromatic carbocycles. The number of hydrogen-bond acceptors (Lipinski definition) is 5. The molecular weight excluding hydrogens is 388 g/mol. The van der Waals surface area contributed by atoms with Crippen LogP contribution in [0.2, 0.25) is 5.02 Å². The van der Waals surface area contributed by atoms with E-state index in [0.29, 0.717) is 30.9 Å². The van der Waals surface area contributed by atoms with Crippen molar-refractivity contribution in [3.8, 4) is 0 Å². The fraction of sp³-hybridized carbons (Fsp3) is 0.0526. The number of carbonyl (C=O) groups is 1. The normalized spacial score (nSPS) is 12.4. The zero-order valence-corrected chi connectivity index (χ0v) is 15.6. The Bertz CT molecular complexity index is 1210. The van der Waals surface area contributed by atoms with Crippen molar-refractivity contribution in [1.82, 2.24) is 4.98 Å². The third kappa shape index (κ3) is 4.39. The van der Waals surface area contributed by atoms with Crippen molar-refractivity contribution in [2.24, 2.45) is 0 Å². The second kappa shape index (κ2) is 7.69. The van der Waals surface area contributed by atoms with Gasteiger partial charge in [-0.3, -0.25) is 19.7 Å². The minimum absolute atomic E-state index is 0.0126. The maximum atomic E-state index is 12.3. The molecule has 136 valence electrons. The summed E-state index contributed by atoms with van der Waals surface area (Å²) in [5.74, 6) is -0.262. The maximum Gasteiger partial charge on any atom is 0.272 e. The Labute approximate surface area is 162 Å². The van der Waals surface area contributed by atoms with E-state index < -0.39 is 4.92 Å². The van der Waals surface area contributed by atoms with Crippen molar-refractivity contribution in [1.29, 1.82) is 0 Å². The minimum Gasteiger partial charge on any atom is -0.313 e. The van der Waals surface area contributed by atoms with Crippen LogP contribution in [0, 0.1) is 17.0 Å². The van der Waals surface area contributed by atoms with Gasteiger partial charge in [0.25, 0.3) is 11.2 Å². The van der Waals surface area contributed by atoms with Crippen molar-refractivity contribution in [3.05, 3.63) is 93.8 Å². The molecule has 1 heterocycles. The van der Waals surface area contributed by atoms with Crippen LogP contribution in [0.5, 0.6) is 0 Å². The van der Waals surface area contributed by atoms with Gasteiger partial charge in [0.2, 0.25) is 0 Å². The number of hydrogen-bond donors (Lipinski definition) is 1. The molecule has 0 aliphatic rings. The van der Waals surface area contributed by atoms with Gasteiger partial charge in [-0.05, 0) is 42.8 Å².